The molecule has 0 fully saturated rings. The van der Waals surface area contributed by atoms with E-state index in [0.717, 1.165) is 11.4 Å². The van der Waals surface area contributed by atoms with E-state index in [2.05, 4.69) is 29.1 Å². The van der Waals surface area contributed by atoms with E-state index < -0.39 is 0 Å². The summed E-state index contributed by atoms with van der Waals surface area (Å²) in [6.45, 7) is 5.73. The zero-order valence-electron chi connectivity index (χ0n) is 8.53. The van der Waals surface area contributed by atoms with Gasteiger partial charge in [0.2, 0.25) is 0 Å². The molecule has 0 spiro atoms. The van der Waals surface area contributed by atoms with Gasteiger partial charge in [0.25, 0.3) is 0 Å². The second-order valence-corrected chi connectivity index (χ2v) is 4.41. The lowest BCUT2D eigenvalue weighted by Crippen LogP contribution is -2.34. The quantitative estimate of drug-likeness (QED) is 0.582. The number of hydrogen-bond donors (Lipinski definition) is 2. The van der Waals surface area contributed by atoms with Crippen LogP contribution in [0.1, 0.15) is 18.7 Å². The molecule has 3 N–H and O–H groups in total. The summed E-state index contributed by atoms with van der Waals surface area (Å²) in [5.41, 5.74) is 7.46. The smallest absolute Gasteiger partial charge is 0.188 e. The molecule has 0 amide bonds. The van der Waals surface area contributed by atoms with Crippen molar-refractivity contribution in [2.24, 2.45) is 16.6 Å². The summed E-state index contributed by atoms with van der Waals surface area (Å²) in [7, 11) is 0. The van der Waals surface area contributed by atoms with Gasteiger partial charge in [0.05, 0.1) is 12.1 Å². The summed E-state index contributed by atoms with van der Waals surface area (Å²) < 4.78 is 0. The van der Waals surface area contributed by atoms with Crippen molar-refractivity contribution in [1.29, 1.82) is 0 Å². The van der Waals surface area contributed by atoms with Crippen LogP contribution >= 0.6 is 11.3 Å². The number of thiazole rings is 1. The number of aromatic nitrogens is 1. The van der Waals surface area contributed by atoms with Gasteiger partial charge in [0.15, 0.2) is 5.96 Å². The van der Waals surface area contributed by atoms with Crippen LogP contribution in [0.3, 0.4) is 0 Å². The third-order valence-corrected chi connectivity index (χ3v) is 2.34. The van der Waals surface area contributed by atoms with Crippen LogP contribution in [0.5, 0.6) is 0 Å². The molecule has 4 nitrogen and oxygen atoms in total. The molecular formula is C9H16N4S. The van der Waals surface area contributed by atoms with Crippen molar-refractivity contribution in [2.75, 3.05) is 6.54 Å². The fourth-order valence-corrected chi connectivity index (χ4v) is 1.37. The Hall–Kier alpha value is -1.10. The van der Waals surface area contributed by atoms with E-state index in [9.17, 15) is 0 Å². The Balaban J connectivity index is 2.30. The first-order chi connectivity index (χ1) is 6.68. The van der Waals surface area contributed by atoms with Crippen LogP contribution in [-0.2, 0) is 6.54 Å². The van der Waals surface area contributed by atoms with Crippen molar-refractivity contribution in [3.05, 3.63) is 16.6 Å². The van der Waals surface area contributed by atoms with E-state index in [1.165, 1.54) is 0 Å². The predicted octanol–water partition coefficient (Wildman–Crippen LogP) is 1.20. The summed E-state index contributed by atoms with van der Waals surface area (Å²) in [6.07, 6.45) is 1.81. The number of nitrogens with one attached hydrogen (secondary N) is 1. The van der Waals surface area contributed by atoms with Crippen LogP contribution in [0.25, 0.3) is 0 Å². The van der Waals surface area contributed by atoms with Gasteiger partial charge in [-0.3, -0.25) is 4.98 Å². The minimum atomic E-state index is 0.507. The molecule has 0 aliphatic carbocycles. The lowest BCUT2D eigenvalue weighted by Gasteiger charge is -2.07. The zero-order valence-corrected chi connectivity index (χ0v) is 9.34. The largest absolute Gasteiger partial charge is 0.370 e. The first-order valence-electron chi connectivity index (χ1n) is 4.59. The molecule has 0 unspecified atom stereocenters. The van der Waals surface area contributed by atoms with Crippen LogP contribution in [0.4, 0.5) is 0 Å². The molecule has 0 aromatic carbocycles. The standard InChI is InChI=1S/C9H16N4S/c1-7(2)3-12-9(10)13-5-8-4-11-6-14-8/h4,6-7H,3,5H2,1-2H3,(H3,10,12,13). The third kappa shape index (κ3) is 4.23. The maximum absolute atomic E-state index is 5.66. The molecule has 0 aliphatic rings. The highest BCUT2D eigenvalue weighted by Crippen LogP contribution is 2.05. The Morgan fingerprint density at radius 1 is 1.71 bits per heavy atom. The highest BCUT2D eigenvalue weighted by Gasteiger charge is 1.96. The van der Waals surface area contributed by atoms with Gasteiger partial charge < -0.3 is 11.1 Å². The molecule has 78 valence electrons. The summed E-state index contributed by atoms with van der Waals surface area (Å²) in [5.74, 6) is 1.08. The number of nitrogens with two attached hydrogens (primary N) is 1. The van der Waals surface area contributed by atoms with Crippen molar-refractivity contribution in [3.63, 3.8) is 0 Å². The Bertz CT molecular complexity index is 279. The topological polar surface area (TPSA) is 63.3 Å². The second kappa shape index (κ2) is 5.59. The van der Waals surface area contributed by atoms with Crippen molar-refractivity contribution >= 4 is 17.3 Å². The van der Waals surface area contributed by atoms with Gasteiger partial charge in [-0.25, -0.2) is 4.99 Å². The number of rotatable bonds is 4. The number of guanidine groups is 1. The van der Waals surface area contributed by atoms with E-state index in [1.54, 1.807) is 16.8 Å². The Kier molecular flexibility index (Phi) is 4.39. The molecule has 1 aromatic heterocycles. The summed E-state index contributed by atoms with van der Waals surface area (Å²) in [6, 6.07) is 0. The third-order valence-electron chi connectivity index (χ3n) is 1.58. The van der Waals surface area contributed by atoms with Crippen molar-refractivity contribution in [2.45, 2.75) is 20.4 Å². The van der Waals surface area contributed by atoms with Gasteiger partial charge in [0.1, 0.15) is 0 Å². The molecule has 0 bridgehead atoms. The molecule has 1 aromatic rings. The van der Waals surface area contributed by atoms with Crippen LogP contribution in [0, 0.1) is 5.92 Å². The monoisotopic (exact) mass is 212 g/mol. The molecule has 14 heavy (non-hydrogen) atoms. The fraction of sp³-hybridized carbons (Fsp3) is 0.556. The normalized spacial score (nSPS) is 12.1. The van der Waals surface area contributed by atoms with Crippen molar-refractivity contribution in [1.82, 2.24) is 10.3 Å². The van der Waals surface area contributed by atoms with E-state index in [4.69, 9.17) is 5.73 Å². The fourth-order valence-electron chi connectivity index (χ4n) is 0.848. The van der Waals surface area contributed by atoms with Crippen LogP contribution in [0.2, 0.25) is 0 Å². The Morgan fingerprint density at radius 2 is 2.50 bits per heavy atom. The van der Waals surface area contributed by atoms with Gasteiger partial charge in [-0.1, -0.05) is 13.8 Å². The molecule has 1 heterocycles. The van der Waals surface area contributed by atoms with Gasteiger partial charge in [-0.05, 0) is 5.92 Å². The summed E-state index contributed by atoms with van der Waals surface area (Å²) >= 11 is 1.59. The summed E-state index contributed by atoms with van der Waals surface area (Å²) in [4.78, 5) is 9.28. The number of hydrogen-bond acceptors (Lipinski definition) is 3. The summed E-state index contributed by atoms with van der Waals surface area (Å²) in [5, 5.41) is 3.06. The highest BCUT2D eigenvalue weighted by molar-refractivity contribution is 7.09. The average molecular weight is 212 g/mol. The Labute approximate surface area is 88.3 Å². The first-order valence-corrected chi connectivity index (χ1v) is 5.47. The zero-order chi connectivity index (χ0) is 10.4. The lowest BCUT2D eigenvalue weighted by molar-refractivity contribution is 0.622. The van der Waals surface area contributed by atoms with Crippen molar-refractivity contribution in [3.8, 4) is 0 Å². The maximum Gasteiger partial charge on any atom is 0.188 e. The molecule has 0 atom stereocenters. The van der Waals surface area contributed by atoms with Crippen LogP contribution in [0.15, 0.2) is 16.7 Å². The molecule has 0 saturated carbocycles. The van der Waals surface area contributed by atoms with Gasteiger partial charge >= 0.3 is 0 Å². The van der Waals surface area contributed by atoms with E-state index in [1.807, 2.05) is 6.20 Å². The highest BCUT2D eigenvalue weighted by atomic mass is 32.1. The van der Waals surface area contributed by atoms with Crippen LogP contribution < -0.4 is 11.1 Å². The molecule has 1 rings (SSSR count). The second-order valence-electron chi connectivity index (χ2n) is 3.44. The minimum Gasteiger partial charge on any atom is -0.370 e. The van der Waals surface area contributed by atoms with E-state index in [-0.39, 0.29) is 0 Å². The van der Waals surface area contributed by atoms with E-state index in [0.29, 0.717) is 18.4 Å². The average Bonchev–Trinajstić information content (AvgIpc) is 2.63. The van der Waals surface area contributed by atoms with Gasteiger partial charge in [-0.2, -0.15) is 0 Å². The SMILES string of the molecule is CC(C)CNC(N)=NCc1cncs1. The predicted molar refractivity (Wildman–Crippen MR) is 60.3 cm³/mol. The minimum absolute atomic E-state index is 0.507. The molecule has 0 radical (unpaired) electrons. The van der Waals surface area contributed by atoms with Crippen LogP contribution in [-0.4, -0.2) is 17.5 Å². The molecule has 0 saturated heterocycles. The van der Waals surface area contributed by atoms with E-state index >= 15 is 0 Å². The first kappa shape index (κ1) is 11.0. The number of aliphatic imine (C=N–C) groups is 1. The Morgan fingerprint density at radius 3 is 3.07 bits per heavy atom. The van der Waals surface area contributed by atoms with Gasteiger partial charge in [0, 0.05) is 17.6 Å². The molecule has 5 heteroatoms. The number of nitrogens with zero attached hydrogens (tertiary/aromatic N) is 2. The molecule has 0 aliphatic heterocycles. The lowest BCUT2D eigenvalue weighted by atomic mass is 10.2. The maximum atomic E-state index is 5.66. The van der Waals surface area contributed by atoms with Gasteiger partial charge in [-0.15, -0.1) is 11.3 Å². The molecular weight excluding hydrogens is 196 g/mol. The van der Waals surface area contributed by atoms with Crippen molar-refractivity contribution < 1.29 is 0 Å².